The van der Waals surface area contributed by atoms with Crippen molar-refractivity contribution >= 4 is 11.8 Å². The molecule has 2 aliphatic heterocycles. The average Bonchev–Trinajstić information content (AvgIpc) is 3.06. The van der Waals surface area contributed by atoms with Gasteiger partial charge >= 0.3 is 0 Å². The Bertz CT molecular complexity index is 550. The van der Waals surface area contributed by atoms with Gasteiger partial charge in [-0.25, -0.2) is 0 Å². The fraction of sp³-hybridized carbons (Fsp3) is 0.579. The first kappa shape index (κ1) is 16.0. The number of benzene rings is 1. The summed E-state index contributed by atoms with van der Waals surface area (Å²) >= 11 is 0. The first-order valence-corrected chi connectivity index (χ1v) is 8.70. The van der Waals surface area contributed by atoms with E-state index < -0.39 is 0 Å². The molecule has 2 fully saturated rings. The SMILES string of the molecule is CC(=O)N1CCC(C2CCN(C(=O)Cc3ccccc3)C2)CC1. The first-order valence-electron chi connectivity index (χ1n) is 8.70. The molecule has 124 valence electrons. The number of amides is 2. The van der Waals surface area contributed by atoms with Crippen LogP contribution < -0.4 is 0 Å². The van der Waals surface area contributed by atoms with Gasteiger partial charge in [0.2, 0.25) is 11.8 Å². The van der Waals surface area contributed by atoms with Gasteiger partial charge in [-0.2, -0.15) is 0 Å². The number of hydrogen-bond acceptors (Lipinski definition) is 2. The number of carbonyl (C=O) groups excluding carboxylic acids is 2. The first-order chi connectivity index (χ1) is 11.1. The zero-order valence-electron chi connectivity index (χ0n) is 13.9. The van der Waals surface area contributed by atoms with E-state index in [1.807, 2.05) is 40.1 Å². The molecule has 1 unspecified atom stereocenters. The molecular formula is C19H26N2O2. The Kier molecular flexibility index (Phi) is 4.99. The number of likely N-dealkylation sites (tertiary alicyclic amines) is 2. The van der Waals surface area contributed by atoms with Gasteiger partial charge in [0.05, 0.1) is 6.42 Å². The minimum atomic E-state index is 0.189. The molecule has 0 aromatic heterocycles. The molecule has 2 amide bonds. The molecule has 4 nitrogen and oxygen atoms in total. The van der Waals surface area contributed by atoms with Crippen LogP contribution in [0.4, 0.5) is 0 Å². The van der Waals surface area contributed by atoms with E-state index in [1.165, 1.54) is 0 Å². The second-order valence-corrected chi connectivity index (χ2v) is 6.89. The summed E-state index contributed by atoms with van der Waals surface area (Å²) in [4.78, 5) is 27.9. The fourth-order valence-electron chi connectivity index (χ4n) is 3.97. The molecule has 0 N–H and O–H groups in total. The average molecular weight is 314 g/mol. The Morgan fingerprint density at radius 1 is 0.957 bits per heavy atom. The normalized spacial score (nSPS) is 22.4. The lowest BCUT2D eigenvalue weighted by molar-refractivity contribution is -0.130. The monoisotopic (exact) mass is 314 g/mol. The van der Waals surface area contributed by atoms with Crippen LogP contribution in [0.2, 0.25) is 0 Å². The van der Waals surface area contributed by atoms with Crippen LogP contribution in [-0.2, 0) is 16.0 Å². The van der Waals surface area contributed by atoms with Crippen LogP contribution in [0.25, 0.3) is 0 Å². The van der Waals surface area contributed by atoms with E-state index in [1.54, 1.807) is 6.92 Å². The van der Waals surface area contributed by atoms with Crippen molar-refractivity contribution in [2.45, 2.75) is 32.6 Å². The van der Waals surface area contributed by atoms with Crippen molar-refractivity contribution in [2.24, 2.45) is 11.8 Å². The molecule has 0 spiro atoms. The van der Waals surface area contributed by atoms with Gasteiger partial charge in [0.1, 0.15) is 0 Å². The summed E-state index contributed by atoms with van der Waals surface area (Å²) in [6.07, 6.45) is 3.80. The zero-order chi connectivity index (χ0) is 16.2. The van der Waals surface area contributed by atoms with Gasteiger partial charge in [-0.05, 0) is 36.7 Å². The van der Waals surface area contributed by atoms with Crippen molar-refractivity contribution in [2.75, 3.05) is 26.2 Å². The van der Waals surface area contributed by atoms with Gasteiger partial charge in [0.25, 0.3) is 0 Å². The third-order valence-corrected chi connectivity index (χ3v) is 5.43. The summed E-state index contributed by atoms with van der Waals surface area (Å²) in [5, 5.41) is 0. The summed E-state index contributed by atoms with van der Waals surface area (Å²) < 4.78 is 0. The summed E-state index contributed by atoms with van der Waals surface area (Å²) in [6.45, 7) is 5.21. The largest absolute Gasteiger partial charge is 0.343 e. The highest BCUT2D eigenvalue weighted by Crippen LogP contribution is 2.32. The lowest BCUT2D eigenvalue weighted by atomic mass is 9.84. The molecule has 4 heteroatoms. The van der Waals surface area contributed by atoms with E-state index in [0.29, 0.717) is 18.3 Å². The molecule has 23 heavy (non-hydrogen) atoms. The van der Waals surface area contributed by atoms with Gasteiger partial charge in [-0.1, -0.05) is 30.3 Å². The predicted molar refractivity (Wildman–Crippen MR) is 89.8 cm³/mol. The Morgan fingerprint density at radius 2 is 1.57 bits per heavy atom. The number of rotatable bonds is 3. The number of nitrogens with zero attached hydrogens (tertiary/aromatic N) is 2. The topological polar surface area (TPSA) is 40.6 Å². The molecule has 1 atom stereocenters. The number of hydrogen-bond donors (Lipinski definition) is 0. The zero-order valence-corrected chi connectivity index (χ0v) is 13.9. The molecule has 0 saturated carbocycles. The van der Waals surface area contributed by atoms with E-state index in [9.17, 15) is 9.59 Å². The Hall–Kier alpha value is -1.84. The fourth-order valence-corrected chi connectivity index (χ4v) is 3.97. The van der Waals surface area contributed by atoms with Crippen molar-refractivity contribution in [1.29, 1.82) is 0 Å². The maximum absolute atomic E-state index is 12.5. The van der Waals surface area contributed by atoms with Crippen LogP contribution in [0, 0.1) is 11.8 Å². The van der Waals surface area contributed by atoms with E-state index >= 15 is 0 Å². The number of carbonyl (C=O) groups is 2. The van der Waals surface area contributed by atoms with Crippen LogP contribution >= 0.6 is 0 Å². The minimum Gasteiger partial charge on any atom is -0.343 e. The molecule has 0 radical (unpaired) electrons. The Balaban J connectivity index is 1.49. The van der Waals surface area contributed by atoms with Crippen LogP contribution in [0.15, 0.2) is 30.3 Å². The van der Waals surface area contributed by atoms with E-state index in [0.717, 1.165) is 51.0 Å². The Morgan fingerprint density at radius 3 is 2.22 bits per heavy atom. The molecule has 1 aromatic carbocycles. The molecule has 2 heterocycles. The summed E-state index contributed by atoms with van der Waals surface area (Å²) in [6, 6.07) is 9.98. The van der Waals surface area contributed by atoms with Crippen LogP contribution in [-0.4, -0.2) is 47.8 Å². The van der Waals surface area contributed by atoms with E-state index in [4.69, 9.17) is 0 Å². The highest BCUT2D eigenvalue weighted by atomic mass is 16.2. The molecule has 1 aromatic rings. The van der Waals surface area contributed by atoms with Crippen LogP contribution in [0.3, 0.4) is 0 Å². The standard InChI is InChI=1S/C19H26N2O2/c1-15(22)20-10-7-17(8-11-20)18-9-12-21(14-18)19(23)13-16-5-3-2-4-6-16/h2-6,17-18H,7-14H2,1H3. The quantitative estimate of drug-likeness (QED) is 0.859. The molecule has 2 saturated heterocycles. The second kappa shape index (κ2) is 7.16. The van der Waals surface area contributed by atoms with Crippen molar-refractivity contribution in [1.82, 2.24) is 9.80 Å². The van der Waals surface area contributed by atoms with Gasteiger partial charge < -0.3 is 9.80 Å². The van der Waals surface area contributed by atoms with Crippen molar-refractivity contribution in [3.8, 4) is 0 Å². The summed E-state index contributed by atoms with van der Waals surface area (Å²) in [5.41, 5.74) is 1.09. The summed E-state index contributed by atoms with van der Waals surface area (Å²) in [7, 11) is 0. The maximum atomic E-state index is 12.5. The molecule has 2 aliphatic rings. The highest BCUT2D eigenvalue weighted by molar-refractivity contribution is 5.79. The molecular weight excluding hydrogens is 288 g/mol. The minimum absolute atomic E-state index is 0.189. The smallest absolute Gasteiger partial charge is 0.226 e. The maximum Gasteiger partial charge on any atom is 0.226 e. The van der Waals surface area contributed by atoms with Crippen molar-refractivity contribution < 1.29 is 9.59 Å². The van der Waals surface area contributed by atoms with Gasteiger partial charge in [-0.15, -0.1) is 0 Å². The summed E-state index contributed by atoms with van der Waals surface area (Å²) in [5.74, 6) is 1.72. The van der Waals surface area contributed by atoms with Gasteiger partial charge in [0.15, 0.2) is 0 Å². The number of piperidine rings is 1. The van der Waals surface area contributed by atoms with E-state index in [2.05, 4.69) is 0 Å². The molecule has 3 rings (SSSR count). The van der Waals surface area contributed by atoms with Crippen LogP contribution in [0.5, 0.6) is 0 Å². The predicted octanol–water partition coefficient (Wildman–Crippen LogP) is 2.34. The highest BCUT2D eigenvalue weighted by Gasteiger charge is 2.33. The molecule has 0 bridgehead atoms. The second-order valence-electron chi connectivity index (χ2n) is 6.89. The third kappa shape index (κ3) is 3.92. The Labute approximate surface area is 138 Å². The van der Waals surface area contributed by atoms with Crippen LogP contribution in [0.1, 0.15) is 31.7 Å². The molecule has 0 aliphatic carbocycles. The lowest BCUT2D eigenvalue weighted by Gasteiger charge is -2.34. The van der Waals surface area contributed by atoms with Gasteiger partial charge in [-0.3, -0.25) is 9.59 Å². The van der Waals surface area contributed by atoms with Gasteiger partial charge in [0, 0.05) is 33.1 Å². The van der Waals surface area contributed by atoms with Crippen molar-refractivity contribution in [3.63, 3.8) is 0 Å². The van der Waals surface area contributed by atoms with Crippen molar-refractivity contribution in [3.05, 3.63) is 35.9 Å². The third-order valence-electron chi connectivity index (χ3n) is 5.43. The lowest BCUT2D eigenvalue weighted by Crippen LogP contribution is -2.39. The van der Waals surface area contributed by atoms with E-state index in [-0.39, 0.29) is 11.8 Å².